The SMILES string of the molecule is Cc1cccc(CNc2c(Cl)cccc2Cl)c1O. The number of hydrogen-bond acceptors (Lipinski definition) is 2. The fourth-order valence-electron chi connectivity index (χ4n) is 1.71. The predicted molar refractivity (Wildman–Crippen MR) is 76.6 cm³/mol. The third kappa shape index (κ3) is 2.71. The van der Waals surface area contributed by atoms with Crippen LogP contribution in [0.1, 0.15) is 11.1 Å². The Morgan fingerprint density at radius 2 is 1.67 bits per heavy atom. The smallest absolute Gasteiger partial charge is 0.123 e. The predicted octanol–water partition coefficient (Wildman–Crippen LogP) is 4.62. The first-order chi connectivity index (χ1) is 8.59. The second-order valence-corrected chi connectivity index (χ2v) is 4.85. The van der Waals surface area contributed by atoms with Crippen molar-refractivity contribution in [2.24, 2.45) is 0 Å². The van der Waals surface area contributed by atoms with E-state index in [1.807, 2.05) is 25.1 Å². The number of rotatable bonds is 3. The van der Waals surface area contributed by atoms with Gasteiger partial charge < -0.3 is 10.4 Å². The van der Waals surface area contributed by atoms with Crippen LogP contribution in [0.2, 0.25) is 10.0 Å². The molecule has 0 unspecified atom stereocenters. The van der Waals surface area contributed by atoms with E-state index in [0.29, 0.717) is 28.0 Å². The van der Waals surface area contributed by atoms with Crippen molar-refractivity contribution in [2.45, 2.75) is 13.5 Å². The summed E-state index contributed by atoms with van der Waals surface area (Å²) in [5.41, 5.74) is 2.34. The molecule has 0 aliphatic rings. The van der Waals surface area contributed by atoms with E-state index in [0.717, 1.165) is 11.1 Å². The number of hydrogen-bond donors (Lipinski definition) is 2. The summed E-state index contributed by atoms with van der Waals surface area (Å²) < 4.78 is 0. The summed E-state index contributed by atoms with van der Waals surface area (Å²) in [6.45, 7) is 2.33. The molecule has 0 saturated heterocycles. The van der Waals surface area contributed by atoms with Crippen LogP contribution in [0.3, 0.4) is 0 Å². The minimum absolute atomic E-state index is 0.299. The number of nitrogens with one attached hydrogen (secondary N) is 1. The van der Waals surface area contributed by atoms with Gasteiger partial charge in [-0.15, -0.1) is 0 Å². The third-order valence-corrected chi connectivity index (χ3v) is 3.37. The lowest BCUT2D eigenvalue weighted by Crippen LogP contribution is -2.01. The van der Waals surface area contributed by atoms with Gasteiger partial charge in [0.2, 0.25) is 0 Å². The van der Waals surface area contributed by atoms with E-state index in [1.54, 1.807) is 18.2 Å². The summed E-state index contributed by atoms with van der Waals surface area (Å²) in [7, 11) is 0. The second-order valence-electron chi connectivity index (χ2n) is 4.03. The summed E-state index contributed by atoms with van der Waals surface area (Å²) in [5, 5.41) is 14.2. The number of benzene rings is 2. The standard InChI is InChI=1S/C14H13Cl2NO/c1-9-4-2-5-10(14(9)18)8-17-13-11(15)6-3-7-12(13)16/h2-7,17-18H,8H2,1H3. The van der Waals surface area contributed by atoms with Gasteiger partial charge in [-0.05, 0) is 24.6 Å². The van der Waals surface area contributed by atoms with Gasteiger partial charge in [-0.2, -0.15) is 0 Å². The van der Waals surface area contributed by atoms with E-state index in [1.165, 1.54) is 0 Å². The first-order valence-electron chi connectivity index (χ1n) is 5.55. The highest BCUT2D eigenvalue weighted by Crippen LogP contribution is 2.31. The summed E-state index contributed by atoms with van der Waals surface area (Å²) in [6, 6.07) is 11.0. The normalized spacial score (nSPS) is 10.4. The number of halogens is 2. The van der Waals surface area contributed by atoms with Crippen LogP contribution < -0.4 is 5.32 Å². The average molecular weight is 282 g/mol. The molecule has 0 spiro atoms. The molecule has 2 nitrogen and oxygen atoms in total. The quantitative estimate of drug-likeness (QED) is 0.861. The van der Waals surface area contributed by atoms with Crippen molar-refractivity contribution in [3.05, 3.63) is 57.6 Å². The fourth-order valence-corrected chi connectivity index (χ4v) is 2.24. The second kappa shape index (κ2) is 5.51. The molecule has 2 rings (SSSR count). The number of phenolic OH excluding ortho intramolecular Hbond substituents is 1. The Labute approximate surface area is 116 Å². The van der Waals surface area contributed by atoms with Gasteiger partial charge in [0.05, 0.1) is 15.7 Å². The summed E-state index contributed by atoms with van der Waals surface area (Å²) >= 11 is 12.1. The van der Waals surface area contributed by atoms with Crippen molar-refractivity contribution in [3.63, 3.8) is 0 Å². The van der Waals surface area contributed by atoms with E-state index in [2.05, 4.69) is 5.32 Å². The van der Waals surface area contributed by atoms with Crippen molar-refractivity contribution in [2.75, 3.05) is 5.32 Å². The van der Waals surface area contributed by atoms with E-state index in [9.17, 15) is 5.11 Å². The zero-order chi connectivity index (χ0) is 13.1. The summed E-state index contributed by atoms with van der Waals surface area (Å²) in [4.78, 5) is 0. The number of aromatic hydroxyl groups is 1. The first kappa shape index (κ1) is 13.1. The summed E-state index contributed by atoms with van der Waals surface area (Å²) in [6.07, 6.45) is 0. The number of anilines is 1. The van der Waals surface area contributed by atoms with Crippen LogP contribution in [-0.4, -0.2) is 5.11 Å². The van der Waals surface area contributed by atoms with Gasteiger partial charge in [-0.1, -0.05) is 47.5 Å². The largest absolute Gasteiger partial charge is 0.507 e. The van der Waals surface area contributed by atoms with E-state index in [4.69, 9.17) is 23.2 Å². The molecule has 0 aliphatic heterocycles. The average Bonchev–Trinajstić information content (AvgIpc) is 2.33. The molecule has 18 heavy (non-hydrogen) atoms. The number of aryl methyl sites for hydroxylation is 1. The maximum absolute atomic E-state index is 9.91. The maximum atomic E-state index is 9.91. The van der Waals surface area contributed by atoms with Gasteiger partial charge in [0.15, 0.2) is 0 Å². The minimum atomic E-state index is 0.299. The lowest BCUT2D eigenvalue weighted by Gasteiger charge is -2.12. The van der Waals surface area contributed by atoms with Gasteiger partial charge in [0.1, 0.15) is 5.75 Å². The molecule has 2 aromatic carbocycles. The van der Waals surface area contributed by atoms with Crippen LogP contribution in [-0.2, 0) is 6.54 Å². The molecule has 0 fully saturated rings. The monoisotopic (exact) mass is 281 g/mol. The molecule has 94 valence electrons. The van der Waals surface area contributed by atoms with Crippen LogP contribution in [0.25, 0.3) is 0 Å². The number of para-hydroxylation sites is 2. The highest BCUT2D eigenvalue weighted by atomic mass is 35.5. The van der Waals surface area contributed by atoms with Gasteiger partial charge in [-0.25, -0.2) is 0 Å². The Hall–Kier alpha value is -1.38. The van der Waals surface area contributed by atoms with E-state index >= 15 is 0 Å². The molecular formula is C14H13Cl2NO. The maximum Gasteiger partial charge on any atom is 0.123 e. The topological polar surface area (TPSA) is 32.3 Å². The molecule has 0 aromatic heterocycles. The van der Waals surface area contributed by atoms with Gasteiger partial charge in [0, 0.05) is 12.1 Å². The Balaban J connectivity index is 2.19. The molecule has 0 heterocycles. The molecule has 0 amide bonds. The lowest BCUT2D eigenvalue weighted by molar-refractivity contribution is 0.465. The highest BCUT2D eigenvalue weighted by Gasteiger charge is 2.07. The van der Waals surface area contributed by atoms with Crippen molar-refractivity contribution in [3.8, 4) is 5.75 Å². The molecule has 0 aliphatic carbocycles. The molecule has 2 N–H and O–H groups in total. The molecule has 0 bridgehead atoms. The Kier molecular flexibility index (Phi) is 4.00. The fraction of sp³-hybridized carbons (Fsp3) is 0.143. The molecule has 2 aromatic rings. The van der Waals surface area contributed by atoms with Crippen LogP contribution >= 0.6 is 23.2 Å². The molecule has 0 radical (unpaired) electrons. The number of phenols is 1. The first-order valence-corrected chi connectivity index (χ1v) is 6.30. The van der Waals surface area contributed by atoms with Gasteiger partial charge >= 0.3 is 0 Å². The van der Waals surface area contributed by atoms with Crippen LogP contribution in [0.15, 0.2) is 36.4 Å². The van der Waals surface area contributed by atoms with Crippen molar-refractivity contribution in [1.29, 1.82) is 0 Å². The van der Waals surface area contributed by atoms with Crippen molar-refractivity contribution < 1.29 is 5.11 Å². The van der Waals surface area contributed by atoms with Crippen LogP contribution in [0.5, 0.6) is 5.75 Å². The zero-order valence-electron chi connectivity index (χ0n) is 9.87. The zero-order valence-corrected chi connectivity index (χ0v) is 11.4. The Bertz CT molecular complexity index is 549. The highest BCUT2D eigenvalue weighted by molar-refractivity contribution is 6.39. The van der Waals surface area contributed by atoms with Crippen LogP contribution in [0.4, 0.5) is 5.69 Å². The van der Waals surface area contributed by atoms with Gasteiger partial charge in [0.25, 0.3) is 0 Å². The Morgan fingerprint density at radius 3 is 2.33 bits per heavy atom. The molecular weight excluding hydrogens is 269 g/mol. The molecule has 4 heteroatoms. The Morgan fingerprint density at radius 1 is 1.06 bits per heavy atom. The minimum Gasteiger partial charge on any atom is -0.507 e. The molecule has 0 atom stereocenters. The van der Waals surface area contributed by atoms with Crippen LogP contribution in [0, 0.1) is 6.92 Å². The van der Waals surface area contributed by atoms with Crippen molar-refractivity contribution in [1.82, 2.24) is 0 Å². The van der Waals surface area contributed by atoms with E-state index in [-0.39, 0.29) is 0 Å². The third-order valence-electron chi connectivity index (χ3n) is 2.74. The van der Waals surface area contributed by atoms with E-state index < -0.39 is 0 Å². The molecule has 0 saturated carbocycles. The summed E-state index contributed by atoms with van der Waals surface area (Å²) in [5.74, 6) is 0.299. The van der Waals surface area contributed by atoms with Gasteiger partial charge in [-0.3, -0.25) is 0 Å². The lowest BCUT2D eigenvalue weighted by atomic mass is 10.1. The van der Waals surface area contributed by atoms with Crippen molar-refractivity contribution >= 4 is 28.9 Å².